The monoisotopic (exact) mass is 371 g/mol. The average Bonchev–Trinajstić information content (AvgIpc) is 2.27. The van der Waals surface area contributed by atoms with Gasteiger partial charge in [0, 0.05) is 15.9 Å². The Labute approximate surface area is 126 Å². The summed E-state index contributed by atoms with van der Waals surface area (Å²) >= 11 is 8.77. The van der Waals surface area contributed by atoms with Crippen molar-refractivity contribution in [3.8, 4) is 0 Å². The Balaban J connectivity index is 3.10. The van der Waals surface area contributed by atoms with E-state index in [1.54, 1.807) is 6.92 Å². The van der Waals surface area contributed by atoms with Crippen molar-refractivity contribution in [3.05, 3.63) is 28.5 Å². The van der Waals surface area contributed by atoms with Crippen molar-refractivity contribution in [2.24, 2.45) is 0 Å². The molecule has 0 aromatic heterocycles. The van der Waals surface area contributed by atoms with E-state index in [0.29, 0.717) is 23.2 Å². The second-order valence-electron chi connectivity index (χ2n) is 4.53. The maximum Gasteiger partial charge on any atom is 0.243 e. The first-order valence-corrected chi connectivity index (χ1v) is 8.60. The summed E-state index contributed by atoms with van der Waals surface area (Å²) < 4.78 is 41.2. The van der Waals surface area contributed by atoms with Crippen molar-refractivity contribution in [1.82, 2.24) is 4.72 Å². The van der Waals surface area contributed by atoms with Crippen LogP contribution < -0.4 is 4.72 Å². The van der Waals surface area contributed by atoms with Gasteiger partial charge in [0.15, 0.2) is 0 Å². The molecule has 7 heteroatoms. The zero-order chi connectivity index (χ0) is 14.7. The quantitative estimate of drug-likeness (QED) is 0.775. The van der Waals surface area contributed by atoms with Gasteiger partial charge < -0.3 is 0 Å². The van der Waals surface area contributed by atoms with Crippen molar-refractivity contribution in [3.63, 3.8) is 0 Å². The maximum atomic E-state index is 13.7. The predicted octanol–water partition coefficient (Wildman–Crippen LogP) is 3.66. The molecular formula is C12H16BrClFNO2S. The van der Waals surface area contributed by atoms with Gasteiger partial charge in [0.2, 0.25) is 10.0 Å². The number of nitrogens with one attached hydrogen (secondary N) is 1. The molecule has 1 aromatic carbocycles. The molecule has 19 heavy (non-hydrogen) atoms. The molecule has 1 atom stereocenters. The standard InChI is InChI=1S/C12H16BrClFNO2S/c1-3-12(2,6-7-14)16-19(17,18)11-5-4-9(13)8-10(11)15/h4-5,8,16H,3,6-7H2,1-2H3. The zero-order valence-electron chi connectivity index (χ0n) is 10.7. The highest BCUT2D eigenvalue weighted by Crippen LogP contribution is 2.23. The molecule has 0 saturated heterocycles. The summed E-state index contributed by atoms with van der Waals surface area (Å²) in [5.74, 6) is -0.457. The van der Waals surface area contributed by atoms with E-state index in [9.17, 15) is 12.8 Å². The summed E-state index contributed by atoms with van der Waals surface area (Å²) in [6, 6.07) is 3.85. The molecule has 1 N–H and O–H groups in total. The molecule has 1 aromatic rings. The third-order valence-electron chi connectivity index (χ3n) is 2.99. The summed E-state index contributed by atoms with van der Waals surface area (Å²) in [6.45, 7) is 3.61. The zero-order valence-corrected chi connectivity index (χ0v) is 13.9. The van der Waals surface area contributed by atoms with Crippen LogP contribution in [0.4, 0.5) is 4.39 Å². The summed E-state index contributed by atoms with van der Waals surface area (Å²) in [4.78, 5) is -0.357. The number of sulfonamides is 1. The van der Waals surface area contributed by atoms with Gasteiger partial charge in [-0.05, 0) is 38.0 Å². The molecule has 0 spiro atoms. The number of hydrogen-bond donors (Lipinski definition) is 1. The van der Waals surface area contributed by atoms with E-state index >= 15 is 0 Å². The molecule has 0 radical (unpaired) electrons. The highest BCUT2D eigenvalue weighted by molar-refractivity contribution is 9.10. The third-order valence-corrected chi connectivity index (χ3v) is 5.34. The summed E-state index contributed by atoms with van der Waals surface area (Å²) in [7, 11) is -3.90. The van der Waals surface area contributed by atoms with E-state index in [2.05, 4.69) is 20.7 Å². The van der Waals surface area contributed by atoms with Gasteiger partial charge in [-0.25, -0.2) is 17.5 Å². The van der Waals surface area contributed by atoms with Crippen LogP contribution in [-0.2, 0) is 10.0 Å². The first-order valence-electron chi connectivity index (χ1n) is 5.79. The second kappa shape index (κ2) is 6.52. The maximum absolute atomic E-state index is 13.7. The molecule has 0 saturated carbocycles. The summed E-state index contributed by atoms with van der Waals surface area (Å²) in [6.07, 6.45) is 1.04. The largest absolute Gasteiger partial charge is 0.243 e. The van der Waals surface area contributed by atoms with Gasteiger partial charge >= 0.3 is 0 Å². The van der Waals surface area contributed by atoms with Crippen LogP contribution in [0, 0.1) is 5.82 Å². The first kappa shape index (κ1) is 16.9. The highest BCUT2D eigenvalue weighted by atomic mass is 79.9. The number of halogens is 3. The van der Waals surface area contributed by atoms with Gasteiger partial charge in [-0.1, -0.05) is 22.9 Å². The lowest BCUT2D eigenvalue weighted by atomic mass is 9.97. The fourth-order valence-corrected chi connectivity index (χ4v) is 3.90. The van der Waals surface area contributed by atoms with Gasteiger partial charge in [0.05, 0.1) is 0 Å². The van der Waals surface area contributed by atoms with Gasteiger partial charge in [0.1, 0.15) is 10.7 Å². The third kappa shape index (κ3) is 4.41. The molecule has 0 amide bonds. The Morgan fingerprint density at radius 3 is 2.58 bits per heavy atom. The van der Waals surface area contributed by atoms with Crippen LogP contribution in [0.5, 0.6) is 0 Å². The Bertz CT molecular complexity index is 553. The fourth-order valence-electron chi connectivity index (χ4n) is 1.58. The van der Waals surface area contributed by atoms with Crippen LogP contribution in [0.3, 0.4) is 0 Å². The molecular weight excluding hydrogens is 357 g/mol. The lowest BCUT2D eigenvalue weighted by Crippen LogP contribution is -2.45. The lowest BCUT2D eigenvalue weighted by Gasteiger charge is -2.28. The molecule has 0 aliphatic rings. The minimum absolute atomic E-state index is 0.329. The summed E-state index contributed by atoms with van der Waals surface area (Å²) in [5.41, 5.74) is -0.680. The van der Waals surface area contributed by atoms with Crippen LogP contribution in [0.25, 0.3) is 0 Å². The van der Waals surface area contributed by atoms with E-state index in [1.807, 2.05) is 6.92 Å². The number of benzene rings is 1. The molecule has 0 bridgehead atoms. The van der Waals surface area contributed by atoms with Crippen LogP contribution in [0.1, 0.15) is 26.7 Å². The van der Waals surface area contributed by atoms with E-state index in [1.165, 1.54) is 12.1 Å². The molecule has 0 fully saturated rings. The lowest BCUT2D eigenvalue weighted by molar-refractivity contribution is 0.389. The van der Waals surface area contributed by atoms with Crippen LogP contribution >= 0.6 is 27.5 Å². The molecule has 108 valence electrons. The second-order valence-corrected chi connectivity index (χ2v) is 7.48. The van der Waals surface area contributed by atoms with Crippen LogP contribution in [0.15, 0.2) is 27.6 Å². The predicted molar refractivity (Wildman–Crippen MR) is 78.5 cm³/mol. The fraction of sp³-hybridized carbons (Fsp3) is 0.500. The van der Waals surface area contributed by atoms with E-state index in [0.717, 1.165) is 6.07 Å². The normalized spacial score (nSPS) is 15.2. The van der Waals surface area contributed by atoms with Crippen molar-refractivity contribution >= 4 is 37.6 Å². The van der Waals surface area contributed by atoms with Gasteiger partial charge in [-0.3, -0.25) is 0 Å². The van der Waals surface area contributed by atoms with Crippen molar-refractivity contribution < 1.29 is 12.8 Å². The molecule has 1 rings (SSSR count). The number of hydrogen-bond acceptors (Lipinski definition) is 2. The molecule has 0 aliphatic heterocycles. The molecule has 1 unspecified atom stereocenters. The van der Waals surface area contributed by atoms with Crippen LogP contribution in [-0.4, -0.2) is 19.8 Å². The van der Waals surface area contributed by atoms with E-state index < -0.39 is 21.4 Å². The Morgan fingerprint density at radius 1 is 1.47 bits per heavy atom. The van der Waals surface area contributed by atoms with Gasteiger partial charge in [-0.2, -0.15) is 0 Å². The van der Waals surface area contributed by atoms with Gasteiger partial charge in [0.25, 0.3) is 0 Å². The van der Waals surface area contributed by atoms with E-state index in [-0.39, 0.29) is 4.90 Å². The Kier molecular flexibility index (Phi) is 5.79. The number of alkyl halides is 1. The number of rotatable bonds is 6. The Morgan fingerprint density at radius 2 is 2.11 bits per heavy atom. The Hall–Kier alpha value is -0.170. The summed E-state index contributed by atoms with van der Waals surface area (Å²) in [5, 5.41) is 0. The van der Waals surface area contributed by atoms with E-state index in [4.69, 9.17) is 11.6 Å². The minimum atomic E-state index is -3.90. The average molecular weight is 373 g/mol. The molecule has 0 aliphatic carbocycles. The van der Waals surface area contributed by atoms with Crippen LogP contribution in [0.2, 0.25) is 0 Å². The van der Waals surface area contributed by atoms with Gasteiger partial charge in [-0.15, -0.1) is 11.6 Å². The molecule has 0 heterocycles. The first-order chi connectivity index (χ1) is 8.74. The minimum Gasteiger partial charge on any atom is -0.207 e. The SMILES string of the molecule is CCC(C)(CCCl)NS(=O)(=O)c1ccc(Br)cc1F. The van der Waals surface area contributed by atoms with Crippen molar-refractivity contribution in [2.75, 3.05) is 5.88 Å². The molecule has 3 nitrogen and oxygen atoms in total. The van der Waals surface area contributed by atoms with Crippen molar-refractivity contribution in [2.45, 2.75) is 37.1 Å². The highest BCUT2D eigenvalue weighted by Gasteiger charge is 2.30. The topological polar surface area (TPSA) is 46.2 Å². The van der Waals surface area contributed by atoms with Crippen molar-refractivity contribution in [1.29, 1.82) is 0 Å². The smallest absolute Gasteiger partial charge is 0.207 e.